The van der Waals surface area contributed by atoms with Crippen LogP contribution in [0.4, 0.5) is 0 Å². The number of phosphoric ester groups is 1. The first-order chi connectivity index (χ1) is 40.4. The minimum atomic E-state index is -4.47. The summed E-state index contributed by atoms with van der Waals surface area (Å²) in [6.45, 7) is 6.76. The fourth-order valence-electron chi connectivity index (χ4n) is 8.99. The number of amides is 1. The van der Waals surface area contributed by atoms with E-state index in [1.165, 1.54) is 77.0 Å². The first-order valence-corrected chi connectivity index (χ1v) is 35.0. The number of phosphoric acid groups is 1. The Balaban J connectivity index is 5.27. The second-order valence-electron chi connectivity index (χ2n) is 23.2. The zero-order chi connectivity index (χ0) is 60.7. The molecule has 0 aliphatic rings. The normalized spacial score (nSPS) is 14.4. The molecule has 2 N–H and O–H groups in total. The van der Waals surface area contributed by atoms with Gasteiger partial charge in [0.15, 0.2) is 0 Å². The highest BCUT2D eigenvalue weighted by molar-refractivity contribution is 7.47. The lowest BCUT2D eigenvalue weighted by atomic mass is 10.0. The summed E-state index contributed by atoms with van der Waals surface area (Å²) in [7, 11) is 1.46. The van der Waals surface area contributed by atoms with E-state index in [9.17, 15) is 19.0 Å². The summed E-state index contributed by atoms with van der Waals surface area (Å²) in [5.74, 6) is -0.546. The lowest BCUT2D eigenvalue weighted by Gasteiger charge is -2.27. The fraction of sp³-hybridized carbons (Fsp3) is 0.671. The van der Waals surface area contributed by atoms with Crippen LogP contribution in [-0.4, -0.2) is 74.3 Å². The summed E-state index contributed by atoms with van der Waals surface area (Å²) in [5, 5.41) is 3.05. The van der Waals surface area contributed by atoms with Crippen LogP contribution in [-0.2, 0) is 27.9 Å². The van der Waals surface area contributed by atoms with Crippen molar-refractivity contribution in [3.05, 3.63) is 134 Å². The molecule has 10 heteroatoms. The number of carbonyl (C=O) groups is 2. The van der Waals surface area contributed by atoms with E-state index in [-0.39, 0.29) is 31.5 Å². The highest BCUT2D eigenvalue weighted by atomic mass is 31.2. The molecule has 3 atom stereocenters. The van der Waals surface area contributed by atoms with Crippen LogP contribution in [0.1, 0.15) is 265 Å². The number of hydrogen-bond donors (Lipinski definition) is 2. The molecule has 0 aromatic rings. The highest BCUT2D eigenvalue weighted by Gasteiger charge is 2.30. The number of quaternary nitrogens is 1. The molecule has 0 bridgehead atoms. The topological polar surface area (TPSA) is 111 Å². The van der Waals surface area contributed by atoms with Crippen LogP contribution in [0.2, 0.25) is 0 Å². The van der Waals surface area contributed by atoms with Gasteiger partial charge in [0.1, 0.15) is 19.3 Å². The lowest BCUT2D eigenvalue weighted by Crippen LogP contribution is -2.47. The van der Waals surface area contributed by atoms with Crippen molar-refractivity contribution in [1.82, 2.24) is 5.32 Å². The Hall–Kier alpha value is -3.85. The number of ether oxygens (including phenoxy) is 1. The molecule has 0 aliphatic carbocycles. The van der Waals surface area contributed by atoms with Crippen molar-refractivity contribution in [2.45, 2.75) is 277 Å². The molecule has 0 spiro atoms. The summed E-state index contributed by atoms with van der Waals surface area (Å²) in [6, 6.07) is -0.874. The summed E-state index contributed by atoms with van der Waals surface area (Å²) in [6.07, 6.45) is 87.3. The molecule has 0 aromatic heterocycles. The molecular weight excluding hydrogens is 1050 g/mol. The van der Waals surface area contributed by atoms with E-state index in [1.807, 2.05) is 33.3 Å². The van der Waals surface area contributed by atoms with E-state index < -0.39 is 20.0 Å². The first kappa shape index (κ1) is 79.2. The van der Waals surface area contributed by atoms with Crippen molar-refractivity contribution in [2.24, 2.45) is 0 Å². The van der Waals surface area contributed by atoms with E-state index in [0.29, 0.717) is 17.4 Å². The number of hydrogen-bond acceptors (Lipinski definition) is 6. The third-order valence-corrected chi connectivity index (χ3v) is 15.1. The standard InChI is InChI=1S/C73H125N2O7P/c1-7-10-13-16-19-22-25-28-30-32-34-36-37-39-41-43-45-48-51-54-57-60-63-66-73(77)82-71(64-61-58-55-52-49-46-27-24-21-18-15-12-9-3)70(69-81-83(78,79)80-68-67-75(4,5)6)74-72(76)65-62-59-56-53-50-47-44-42-40-38-35-33-31-29-26-23-20-17-14-11-8-2/h10-11,13-14,19-20,22-23,28-31,34-36,38-39,41-42,44,61,64,70-71H,7-9,12,15-18,21,24-27,32-33,37,40,43,45-60,62-63,65-69H2,1-6H3,(H-,74,76,78,79)/p+1/b13-10-,14-11-,22-19-,23-20-,30-28-,31-29-,36-34-,38-35-,41-39-,44-42-,64-61+. The number of rotatable bonds is 59. The van der Waals surface area contributed by atoms with Crippen LogP contribution >= 0.6 is 7.82 Å². The number of esters is 1. The van der Waals surface area contributed by atoms with Gasteiger partial charge in [-0.05, 0) is 122 Å². The Morgan fingerprint density at radius 2 is 0.771 bits per heavy atom. The molecule has 0 saturated carbocycles. The predicted octanol–water partition coefficient (Wildman–Crippen LogP) is 21.2. The molecule has 474 valence electrons. The van der Waals surface area contributed by atoms with Crippen LogP contribution < -0.4 is 5.32 Å². The Morgan fingerprint density at radius 3 is 1.16 bits per heavy atom. The zero-order valence-electron chi connectivity index (χ0n) is 54.1. The van der Waals surface area contributed by atoms with Crippen molar-refractivity contribution in [3.63, 3.8) is 0 Å². The van der Waals surface area contributed by atoms with Gasteiger partial charge in [-0.2, -0.15) is 0 Å². The van der Waals surface area contributed by atoms with Gasteiger partial charge in [-0.1, -0.05) is 264 Å². The van der Waals surface area contributed by atoms with Gasteiger partial charge in [-0.3, -0.25) is 18.6 Å². The molecule has 0 radical (unpaired) electrons. The quantitative estimate of drug-likeness (QED) is 0.0205. The van der Waals surface area contributed by atoms with Gasteiger partial charge in [0.05, 0.1) is 33.8 Å². The maximum Gasteiger partial charge on any atom is 0.472 e. The number of allylic oxidation sites excluding steroid dienone is 21. The van der Waals surface area contributed by atoms with Crippen LogP contribution in [0.3, 0.4) is 0 Å². The molecule has 3 unspecified atom stereocenters. The molecule has 0 saturated heterocycles. The molecule has 0 heterocycles. The van der Waals surface area contributed by atoms with Crippen LogP contribution in [0.15, 0.2) is 134 Å². The van der Waals surface area contributed by atoms with Gasteiger partial charge in [0.2, 0.25) is 5.91 Å². The van der Waals surface area contributed by atoms with Crippen LogP contribution in [0.5, 0.6) is 0 Å². The molecule has 0 aromatic carbocycles. The van der Waals surface area contributed by atoms with Crippen LogP contribution in [0, 0.1) is 0 Å². The molecule has 1 amide bonds. The van der Waals surface area contributed by atoms with E-state index in [1.54, 1.807) is 0 Å². The largest absolute Gasteiger partial charge is 0.472 e. The number of carbonyl (C=O) groups excluding carboxylic acids is 2. The lowest BCUT2D eigenvalue weighted by molar-refractivity contribution is -0.870. The van der Waals surface area contributed by atoms with Crippen molar-refractivity contribution < 1.29 is 37.3 Å². The number of unbranched alkanes of at least 4 members (excludes halogenated alkanes) is 23. The molecule has 9 nitrogen and oxygen atoms in total. The third-order valence-electron chi connectivity index (χ3n) is 14.1. The fourth-order valence-corrected chi connectivity index (χ4v) is 9.73. The van der Waals surface area contributed by atoms with Gasteiger partial charge >= 0.3 is 13.8 Å². The third kappa shape index (κ3) is 62.5. The first-order valence-electron chi connectivity index (χ1n) is 33.5. The van der Waals surface area contributed by atoms with Crippen molar-refractivity contribution in [1.29, 1.82) is 0 Å². The second-order valence-corrected chi connectivity index (χ2v) is 24.7. The van der Waals surface area contributed by atoms with Crippen molar-refractivity contribution in [3.8, 4) is 0 Å². The van der Waals surface area contributed by atoms with Gasteiger partial charge in [-0.15, -0.1) is 0 Å². The van der Waals surface area contributed by atoms with E-state index >= 15 is 0 Å². The molecule has 83 heavy (non-hydrogen) atoms. The SMILES string of the molecule is CC/C=C\C/C=C\C/C=C\C/C=C\C/C=C\CCCCCCCCCC(=O)OC(/C=C/CCCCCCCCCCCCC)C(COP(=O)(O)OCC[N+](C)(C)C)NC(=O)CCCCCCC/C=C\C/C=C\C/C=C\C/C=C\C/C=C\CC. The van der Waals surface area contributed by atoms with E-state index in [4.69, 9.17) is 13.8 Å². The Bertz CT molecular complexity index is 1880. The Kier molecular flexibility index (Phi) is 58.4. The van der Waals surface area contributed by atoms with E-state index in [0.717, 1.165) is 154 Å². The molecule has 0 aliphatic heterocycles. The summed E-state index contributed by atoms with van der Waals surface area (Å²) in [5.41, 5.74) is 0. The van der Waals surface area contributed by atoms with Crippen LogP contribution in [0.25, 0.3) is 0 Å². The molecule has 0 fully saturated rings. The van der Waals surface area contributed by atoms with E-state index in [2.05, 4.69) is 148 Å². The summed E-state index contributed by atoms with van der Waals surface area (Å²) >= 11 is 0. The molecule has 0 rings (SSSR count). The van der Waals surface area contributed by atoms with Crippen molar-refractivity contribution in [2.75, 3.05) is 40.9 Å². The Morgan fingerprint density at radius 1 is 0.434 bits per heavy atom. The van der Waals surface area contributed by atoms with Gasteiger partial charge in [0, 0.05) is 12.8 Å². The average Bonchev–Trinajstić information content (AvgIpc) is 3.47. The molecular formula is C73H126N2O7P+. The minimum absolute atomic E-state index is 0.0268. The number of nitrogens with zero attached hydrogens (tertiary/aromatic N) is 1. The number of nitrogens with one attached hydrogen (secondary N) is 1. The maximum atomic E-state index is 13.6. The number of likely N-dealkylation sites (N-methyl/N-ethyl adjacent to an activating group) is 1. The average molecular weight is 1170 g/mol. The second kappa shape index (κ2) is 61.2. The smallest absolute Gasteiger partial charge is 0.456 e. The Labute approximate surface area is 511 Å². The van der Waals surface area contributed by atoms with Gasteiger partial charge < -0.3 is 19.4 Å². The van der Waals surface area contributed by atoms with Gasteiger partial charge in [-0.25, -0.2) is 4.57 Å². The van der Waals surface area contributed by atoms with Gasteiger partial charge in [0.25, 0.3) is 0 Å². The maximum absolute atomic E-state index is 13.6. The monoisotopic (exact) mass is 1170 g/mol. The predicted molar refractivity (Wildman–Crippen MR) is 359 cm³/mol. The summed E-state index contributed by atoms with van der Waals surface area (Å²) in [4.78, 5) is 37.9. The minimum Gasteiger partial charge on any atom is -0.456 e. The summed E-state index contributed by atoms with van der Waals surface area (Å²) < 4.78 is 30.8. The van der Waals surface area contributed by atoms with Crippen molar-refractivity contribution >= 4 is 19.7 Å². The zero-order valence-corrected chi connectivity index (χ0v) is 55.0. The highest BCUT2D eigenvalue weighted by Crippen LogP contribution is 2.43.